The molecule has 0 aliphatic carbocycles. The quantitative estimate of drug-likeness (QED) is 0.848. The molecule has 90 valence electrons. The highest BCUT2D eigenvalue weighted by molar-refractivity contribution is 9.10. The third-order valence-electron chi connectivity index (χ3n) is 2.51. The SMILES string of the molecule is COCC(C)Oc1ccc2cc(Br)ccc2c1. The van der Waals surface area contributed by atoms with Crippen LogP contribution in [0.3, 0.4) is 0 Å². The highest BCUT2D eigenvalue weighted by atomic mass is 79.9. The summed E-state index contributed by atoms with van der Waals surface area (Å²) in [5.41, 5.74) is 0. The number of hydrogen-bond acceptors (Lipinski definition) is 2. The Balaban J connectivity index is 2.23. The molecular weight excluding hydrogens is 280 g/mol. The zero-order chi connectivity index (χ0) is 12.3. The molecular formula is C14H15BrO2. The van der Waals surface area contributed by atoms with Gasteiger partial charge in [0.15, 0.2) is 0 Å². The first kappa shape index (κ1) is 12.4. The maximum Gasteiger partial charge on any atom is 0.120 e. The van der Waals surface area contributed by atoms with Crippen molar-refractivity contribution in [2.45, 2.75) is 13.0 Å². The van der Waals surface area contributed by atoms with Crippen molar-refractivity contribution in [1.82, 2.24) is 0 Å². The molecule has 0 aliphatic rings. The van der Waals surface area contributed by atoms with Crippen molar-refractivity contribution in [2.75, 3.05) is 13.7 Å². The van der Waals surface area contributed by atoms with Gasteiger partial charge in [-0.05, 0) is 42.0 Å². The molecule has 2 aromatic rings. The number of benzene rings is 2. The summed E-state index contributed by atoms with van der Waals surface area (Å²) >= 11 is 3.46. The van der Waals surface area contributed by atoms with E-state index in [1.165, 1.54) is 10.8 Å². The molecule has 1 unspecified atom stereocenters. The van der Waals surface area contributed by atoms with Gasteiger partial charge in [0.25, 0.3) is 0 Å². The van der Waals surface area contributed by atoms with E-state index in [0.717, 1.165) is 10.2 Å². The molecule has 3 heteroatoms. The van der Waals surface area contributed by atoms with Gasteiger partial charge < -0.3 is 9.47 Å². The van der Waals surface area contributed by atoms with Crippen LogP contribution in [0.4, 0.5) is 0 Å². The molecule has 0 amide bonds. The standard InChI is InChI=1S/C14H15BrO2/c1-10(9-16-2)17-14-6-4-11-7-13(15)5-3-12(11)8-14/h3-8,10H,9H2,1-2H3. The molecule has 0 spiro atoms. The lowest BCUT2D eigenvalue weighted by Gasteiger charge is -2.14. The van der Waals surface area contributed by atoms with Crippen molar-refractivity contribution in [2.24, 2.45) is 0 Å². The van der Waals surface area contributed by atoms with E-state index < -0.39 is 0 Å². The van der Waals surface area contributed by atoms with Crippen LogP contribution in [-0.4, -0.2) is 19.8 Å². The Hall–Kier alpha value is -1.06. The fourth-order valence-electron chi connectivity index (χ4n) is 1.77. The molecule has 0 aliphatic heterocycles. The third-order valence-corrected chi connectivity index (χ3v) is 3.01. The van der Waals surface area contributed by atoms with Gasteiger partial charge in [-0.2, -0.15) is 0 Å². The van der Waals surface area contributed by atoms with E-state index in [1.807, 2.05) is 25.1 Å². The first-order chi connectivity index (χ1) is 8.19. The molecule has 2 aromatic carbocycles. The van der Waals surface area contributed by atoms with Crippen molar-refractivity contribution in [3.05, 3.63) is 40.9 Å². The van der Waals surface area contributed by atoms with Crippen molar-refractivity contribution < 1.29 is 9.47 Å². The van der Waals surface area contributed by atoms with E-state index in [0.29, 0.717) is 6.61 Å². The second-order valence-corrected chi connectivity index (χ2v) is 4.95. The zero-order valence-corrected chi connectivity index (χ0v) is 11.5. The number of methoxy groups -OCH3 is 1. The van der Waals surface area contributed by atoms with Gasteiger partial charge >= 0.3 is 0 Å². The molecule has 0 aromatic heterocycles. The third kappa shape index (κ3) is 3.20. The lowest BCUT2D eigenvalue weighted by molar-refractivity contribution is 0.0922. The van der Waals surface area contributed by atoms with Crippen LogP contribution in [0.5, 0.6) is 5.75 Å². The summed E-state index contributed by atoms with van der Waals surface area (Å²) in [5, 5.41) is 2.38. The second-order valence-electron chi connectivity index (χ2n) is 4.04. The summed E-state index contributed by atoms with van der Waals surface area (Å²) in [6.07, 6.45) is 0.0629. The summed E-state index contributed by atoms with van der Waals surface area (Å²) < 4.78 is 11.9. The van der Waals surface area contributed by atoms with Crippen LogP contribution in [-0.2, 0) is 4.74 Å². The smallest absolute Gasteiger partial charge is 0.120 e. The van der Waals surface area contributed by atoms with Crippen molar-refractivity contribution in [3.63, 3.8) is 0 Å². The number of hydrogen-bond donors (Lipinski definition) is 0. The summed E-state index contributed by atoms with van der Waals surface area (Å²) in [7, 11) is 1.68. The van der Waals surface area contributed by atoms with Crippen LogP contribution in [0, 0.1) is 0 Å². The first-order valence-corrected chi connectivity index (χ1v) is 6.33. The first-order valence-electron chi connectivity index (χ1n) is 5.54. The van der Waals surface area contributed by atoms with E-state index in [2.05, 4.69) is 34.1 Å². The van der Waals surface area contributed by atoms with E-state index in [4.69, 9.17) is 9.47 Å². The lowest BCUT2D eigenvalue weighted by Crippen LogP contribution is -2.17. The van der Waals surface area contributed by atoms with Gasteiger partial charge in [0.1, 0.15) is 11.9 Å². The lowest BCUT2D eigenvalue weighted by atomic mass is 10.1. The predicted octanol–water partition coefficient (Wildman–Crippen LogP) is 4.02. The van der Waals surface area contributed by atoms with Gasteiger partial charge in [0.2, 0.25) is 0 Å². The number of halogens is 1. The topological polar surface area (TPSA) is 18.5 Å². The molecule has 1 atom stereocenters. The Labute approximate surface area is 110 Å². The Kier molecular flexibility index (Phi) is 4.02. The van der Waals surface area contributed by atoms with Crippen molar-refractivity contribution in [3.8, 4) is 5.75 Å². The van der Waals surface area contributed by atoms with Gasteiger partial charge in [-0.3, -0.25) is 0 Å². The van der Waals surface area contributed by atoms with Gasteiger partial charge in [-0.25, -0.2) is 0 Å². The largest absolute Gasteiger partial charge is 0.488 e. The number of fused-ring (bicyclic) bond motifs is 1. The van der Waals surface area contributed by atoms with Crippen LogP contribution in [0.25, 0.3) is 10.8 Å². The minimum absolute atomic E-state index is 0.0629. The second kappa shape index (κ2) is 5.52. The number of rotatable bonds is 4. The van der Waals surface area contributed by atoms with Crippen LogP contribution in [0.2, 0.25) is 0 Å². The minimum Gasteiger partial charge on any atom is -0.488 e. The highest BCUT2D eigenvalue weighted by Gasteiger charge is 2.04. The van der Waals surface area contributed by atoms with Gasteiger partial charge in [-0.15, -0.1) is 0 Å². The average molecular weight is 295 g/mol. The van der Waals surface area contributed by atoms with Crippen LogP contribution < -0.4 is 4.74 Å². The minimum atomic E-state index is 0.0629. The maximum atomic E-state index is 5.76. The summed E-state index contributed by atoms with van der Waals surface area (Å²) in [5.74, 6) is 0.879. The van der Waals surface area contributed by atoms with Crippen LogP contribution >= 0.6 is 15.9 Å². The molecule has 0 N–H and O–H groups in total. The Morgan fingerprint density at radius 1 is 1.12 bits per heavy atom. The maximum absolute atomic E-state index is 5.76. The zero-order valence-electron chi connectivity index (χ0n) is 9.94. The molecule has 0 radical (unpaired) electrons. The monoisotopic (exact) mass is 294 g/mol. The molecule has 0 saturated heterocycles. The molecule has 2 rings (SSSR count). The van der Waals surface area contributed by atoms with E-state index in [-0.39, 0.29) is 6.10 Å². The van der Waals surface area contributed by atoms with E-state index >= 15 is 0 Å². The Bertz CT molecular complexity index is 511. The fourth-order valence-corrected chi connectivity index (χ4v) is 2.15. The molecule has 0 fully saturated rings. The molecule has 0 bridgehead atoms. The van der Waals surface area contributed by atoms with Crippen LogP contribution in [0.15, 0.2) is 40.9 Å². The molecule has 2 nitrogen and oxygen atoms in total. The predicted molar refractivity (Wildman–Crippen MR) is 73.6 cm³/mol. The molecule has 0 heterocycles. The Morgan fingerprint density at radius 3 is 2.59 bits per heavy atom. The van der Waals surface area contributed by atoms with Crippen molar-refractivity contribution >= 4 is 26.7 Å². The average Bonchev–Trinajstić information content (AvgIpc) is 2.29. The van der Waals surface area contributed by atoms with E-state index in [9.17, 15) is 0 Å². The van der Waals surface area contributed by atoms with Crippen molar-refractivity contribution in [1.29, 1.82) is 0 Å². The van der Waals surface area contributed by atoms with Gasteiger partial charge in [0.05, 0.1) is 6.61 Å². The summed E-state index contributed by atoms with van der Waals surface area (Å²) in [6.45, 7) is 2.59. The van der Waals surface area contributed by atoms with E-state index in [1.54, 1.807) is 7.11 Å². The summed E-state index contributed by atoms with van der Waals surface area (Å²) in [4.78, 5) is 0. The van der Waals surface area contributed by atoms with Gasteiger partial charge in [0, 0.05) is 11.6 Å². The highest BCUT2D eigenvalue weighted by Crippen LogP contribution is 2.24. The normalized spacial score (nSPS) is 12.6. The Morgan fingerprint density at radius 2 is 1.82 bits per heavy atom. The molecule has 17 heavy (non-hydrogen) atoms. The number of ether oxygens (including phenoxy) is 2. The van der Waals surface area contributed by atoms with Crippen LogP contribution in [0.1, 0.15) is 6.92 Å². The van der Waals surface area contributed by atoms with Gasteiger partial charge in [-0.1, -0.05) is 28.1 Å². The summed E-state index contributed by atoms with van der Waals surface area (Å²) in [6, 6.07) is 12.3. The fraction of sp³-hybridized carbons (Fsp3) is 0.286. The molecule has 0 saturated carbocycles.